The third-order valence-electron chi connectivity index (χ3n) is 2.65. The van der Waals surface area contributed by atoms with Crippen LogP contribution in [-0.4, -0.2) is 31.2 Å². The molecule has 0 saturated carbocycles. The Morgan fingerprint density at radius 1 is 1.29 bits per heavy atom. The molecule has 2 aromatic rings. The summed E-state index contributed by atoms with van der Waals surface area (Å²) in [5, 5.41) is 7.15. The molecule has 0 radical (unpaired) electrons. The highest BCUT2D eigenvalue weighted by atomic mass is 32.1. The predicted octanol–water partition coefficient (Wildman–Crippen LogP) is 5.44. The lowest BCUT2D eigenvalue weighted by atomic mass is 10.2. The van der Waals surface area contributed by atoms with E-state index in [0.717, 1.165) is 40.8 Å². The molecule has 0 bridgehead atoms. The van der Waals surface area contributed by atoms with Crippen molar-refractivity contribution in [3.63, 3.8) is 0 Å². The Kier molecular flexibility index (Phi) is 12.4. The van der Waals surface area contributed by atoms with Crippen molar-refractivity contribution >= 4 is 45.6 Å². The van der Waals surface area contributed by atoms with Crippen LogP contribution >= 0.6 is 11.3 Å². The summed E-state index contributed by atoms with van der Waals surface area (Å²) in [4.78, 5) is 21.1. The topological polar surface area (TPSA) is 66.4 Å². The minimum atomic E-state index is 0.633. The highest BCUT2D eigenvalue weighted by Crippen LogP contribution is 2.37. The third-order valence-corrected chi connectivity index (χ3v) is 3.67. The summed E-state index contributed by atoms with van der Waals surface area (Å²) in [6, 6.07) is 1.89. The number of fused-ring (bicyclic) bond motifs is 1. The third kappa shape index (κ3) is 6.28. The van der Waals surface area contributed by atoms with E-state index in [9.17, 15) is 4.79 Å². The second kappa shape index (κ2) is 13.5. The van der Waals surface area contributed by atoms with Gasteiger partial charge < -0.3 is 10.6 Å². The lowest BCUT2D eigenvalue weighted by Crippen LogP contribution is -1.99. The molecule has 0 atom stereocenters. The van der Waals surface area contributed by atoms with Gasteiger partial charge in [0.05, 0.1) is 22.3 Å². The lowest BCUT2D eigenvalue weighted by molar-refractivity contribution is 0.112. The zero-order valence-corrected chi connectivity index (χ0v) is 16.5. The average Bonchev–Trinajstić information content (AvgIpc) is 2.99. The van der Waals surface area contributed by atoms with Crippen LogP contribution in [0.4, 0.5) is 11.4 Å². The van der Waals surface area contributed by atoms with Gasteiger partial charge in [0.2, 0.25) is 0 Å². The maximum Gasteiger partial charge on any atom is 0.162 e. The van der Waals surface area contributed by atoms with Gasteiger partial charge in [-0.2, -0.15) is 0 Å². The van der Waals surface area contributed by atoms with Crippen LogP contribution in [-0.2, 0) is 0 Å². The van der Waals surface area contributed by atoms with Crippen LogP contribution in [0.25, 0.3) is 10.2 Å². The van der Waals surface area contributed by atoms with E-state index in [2.05, 4.69) is 41.4 Å². The molecule has 0 aliphatic carbocycles. The first-order valence-electron chi connectivity index (χ1n) is 8.52. The zero-order chi connectivity index (χ0) is 18.4. The first kappa shape index (κ1) is 22.1. The number of aliphatic imine (C=N–C) groups is 1. The van der Waals surface area contributed by atoms with Crippen LogP contribution in [0.2, 0.25) is 0 Å². The Bertz CT molecular complexity index is 623. The van der Waals surface area contributed by atoms with Crippen LogP contribution in [0.15, 0.2) is 17.3 Å². The fourth-order valence-corrected chi connectivity index (χ4v) is 2.73. The van der Waals surface area contributed by atoms with Gasteiger partial charge in [0.25, 0.3) is 0 Å². The van der Waals surface area contributed by atoms with E-state index in [1.54, 1.807) is 12.5 Å². The lowest BCUT2D eigenvalue weighted by Gasteiger charge is -2.05. The van der Waals surface area contributed by atoms with E-state index in [1.165, 1.54) is 17.8 Å². The van der Waals surface area contributed by atoms with Gasteiger partial charge in [-0.1, -0.05) is 41.0 Å². The van der Waals surface area contributed by atoms with Crippen molar-refractivity contribution in [3.05, 3.63) is 17.1 Å². The normalized spacial score (nSPS) is 9.75. The summed E-state index contributed by atoms with van der Waals surface area (Å²) in [6.07, 6.45) is 6.47. The average molecular weight is 351 g/mol. The van der Waals surface area contributed by atoms with Crippen LogP contribution in [0.5, 0.6) is 0 Å². The fourth-order valence-electron chi connectivity index (χ4n) is 1.78. The second-order valence-electron chi connectivity index (χ2n) is 4.63. The Morgan fingerprint density at radius 2 is 1.96 bits per heavy atom. The molecule has 5 nitrogen and oxygen atoms in total. The van der Waals surface area contributed by atoms with Crippen molar-refractivity contribution in [1.82, 2.24) is 4.98 Å². The van der Waals surface area contributed by atoms with E-state index in [-0.39, 0.29) is 0 Å². The fraction of sp³-hybridized carbons (Fsp3) is 0.500. The summed E-state index contributed by atoms with van der Waals surface area (Å²) in [7, 11) is 1.85. The van der Waals surface area contributed by atoms with Crippen LogP contribution in [0.1, 0.15) is 57.1 Å². The van der Waals surface area contributed by atoms with E-state index in [0.29, 0.717) is 4.88 Å². The highest BCUT2D eigenvalue weighted by Gasteiger charge is 2.14. The largest absolute Gasteiger partial charge is 0.387 e. The Labute approximate surface area is 149 Å². The smallest absolute Gasteiger partial charge is 0.162 e. The number of hydrogen-bond acceptors (Lipinski definition) is 5. The van der Waals surface area contributed by atoms with Gasteiger partial charge in [-0.3, -0.25) is 9.79 Å². The molecule has 0 amide bonds. The number of pyridine rings is 1. The molecule has 0 spiro atoms. The number of rotatable bonds is 6. The summed E-state index contributed by atoms with van der Waals surface area (Å²) in [5.74, 6) is 0. The Hall–Kier alpha value is -1.95. The highest BCUT2D eigenvalue weighted by molar-refractivity contribution is 7.21. The Morgan fingerprint density at radius 3 is 2.50 bits per heavy atom. The molecule has 6 heteroatoms. The Balaban J connectivity index is 0.000000952. The summed E-state index contributed by atoms with van der Waals surface area (Å²) < 4.78 is 0. The predicted molar refractivity (Wildman–Crippen MR) is 109 cm³/mol. The molecule has 0 aromatic carbocycles. The van der Waals surface area contributed by atoms with Crippen molar-refractivity contribution in [3.8, 4) is 0 Å². The molecule has 2 aromatic heterocycles. The SMILES string of the molecule is CC.CCC.CCCN=CNc1c(C=O)sc2nccc(NC)c12. The molecule has 2 rings (SSSR count). The van der Waals surface area contributed by atoms with E-state index in [1.807, 2.05) is 27.0 Å². The molecule has 24 heavy (non-hydrogen) atoms. The van der Waals surface area contributed by atoms with Crippen molar-refractivity contribution < 1.29 is 4.79 Å². The molecule has 134 valence electrons. The van der Waals surface area contributed by atoms with Crippen molar-refractivity contribution in [2.24, 2.45) is 4.99 Å². The number of nitrogens with zero attached hydrogens (tertiary/aromatic N) is 2. The number of nitrogens with one attached hydrogen (secondary N) is 2. The number of anilines is 2. The number of thiophene rings is 1. The van der Waals surface area contributed by atoms with Gasteiger partial charge >= 0.3 is 0 Å². The minimum absolute atomic E-state index is 0.633. The van der Waals surface area contributed by atoms with Crippen LogP contribution in [0, 0.1) is 0 Å². The standard InChI is InChI=1S/C13H16N4OS.C3H8.C2H6/c1-3-5-15-8-17-12-10(7-18)19-13-11(12)9(14-2)4-6-16-13;1-3-2;1-2/h4,6-8H,3,5H2,1-2H3,(H,14,16)(H,15,17);3H2,1-2H3;1-2H3. The van der Waals surface area contributed by atoms with Gasteiger partial charge in [0, 0.05) is 25.5 Å². The molecular weight excluding hydrogens is 320 g/mol. The first-order valence-corrected chi connectivity index (χ1v) is 9.34. The van der Waals surface area contributed by atoms with E-state index < -0.39 is 0 Å². The minimum Gasteiger partial charge on any atom is -0.387 e. The van der Waals surface area contributed by atoms with Gasteiger partial charge in [-0.25, -0.2) is 4.98 Å². The summed E-state index contributed by atoms with van der Waals surface area (Å²) in [5.41, 5.74) is 1.72. The quantitative estimate of drug-likeness (QED) is 0.413. The molecule has 0 saturated heterocycles. The van der Waals surface area contributed by atoms with Crippen molar-refractivity contribution in [1.29, 1.82) is 0 Å². The van der Waals surface area contributed by atoms with Crippen LogP contribution in [0.3, 0.4) is 0 Å². The molecule has 0 fully saturated rings. The number of carbonyl (C=O) groups excluding carboxylic acids is 1. The first-order chi connectivity index (χ1) is 11.7. The molecular formula is C18H30N4OS. The molecule has 0 unspecified atom stereocenters. The van der Waals surface area contributed by atoms with Gasteiger partial charge in [-0.15, -0.1) is 11.3 Å². The summed E-state index contributed by atoms with van der Waals surface area (Å²) >= 11 is 1.37. The van der Waals surface area contributed by atoms with E-state index >= 15 is 0 Å². The number of hydrogen-bond donors (Lipinski definition) is 2. The van der Waals surface area contributed by atoms with Gasteiger partial charge in [0.1, 0.15) is 4.83 Å². The van der Waals surface area contributed by atoms with Gasteiger partial charge in [0.15, 0.2) is 6.29 Å². The van der Waals surface area contributed by atoms with E-state index in [4.69, 9.17) is 0 Å². The number of aromatic nitrogens is 1. The monoisotopic (exact) mass is 350 g/mol. The molecule has 0 aliphatic rings. The molecule has 2 N–H and O–H groups in total. The maximum atomic E-state index is 11.2. The molecule has 2 heterocycles. The summed E-state index contributed by atoms with van der Waals surface area (Å²) in [6.45, 7) is 11.1. The number of aldehydes is 1. The van der Waals surface area contributed by atoms with Crippen LogP contribution < -0.4 is 10.6 Å². The maximum absolute atomic E-state index is 11.2. The van der Waals surface area contributed by atoms with Gasteiger partial charge in [-0.05, 0) is 12.5 Å². The zero-order valence-electron chi connectivity index (χ0n) is 15.6. The second-order valence-corrected chi connectivity index (χ2v) is 5.67. The van der Waals surface area contributed by atoms with Crippen molar-refractivity contribution in [2.75, 3.05) is 24.2 Å². The van der Waals surface area contributed by atoms with Crippen molar-refractivity contribution in [2.45, 2.75) is 47.5 Å². The number of carbonyl (C=O) groups is 1. The molecule has 0 aliphatic heterocycles.